The van der Waals surface area contributed by atoms with Gasteiger partial charge in [0, 0.05) is 12.6 Å². The lowest BCUT2D eigenvalue weighted by Gasteiger charge is -2.48. The van der Waals surface area contributed by atoms with Crippen LogP contribution in [-0.4, -0.2) is 28.4 Å². The lowest BCUT2D eigenvalue weighted by atomic mass is 9.61. The number of carbonyl (C=O) groups is 1. The van der Waals surface area contributed by atoms with E-state index in [1.54, 1.807) is 0 Å². The molecule has 2 aliphatic rings. The second-order valence-corrected chi connectivity index (χ2v) is 6.78. The Balaban J connectivity index is 2.13. The van der Waals surface area contributed by atoms with Crippen LogP contribution < -0.4 is 5.73 Å². The first kappa shape index (κ1) is 14.8. The highest BCUT2D eigenvalue weighted by Gasteiger charge is 2.53. The first-order valence-electron chi connectivity index (χ1n) is 7.62. The SMILES string of the molecule is CCN(C(=O)C1(C(N)=S)CC(C)C1)C1CCCCC1. The van der Waals surface area contributed by atoms with Gasteiger partial charge in [0.05, 0.1) is 10.4 Å². The van der Waals surface area contributed by atoms with Crippen LogP contribution in [0, 0.1) is 11.3 Å². The van der Waals surface area contributed by atoms with Crippen molar-refractivity contribution >= 4 is 23.1 Å². The predicted molar refractivity (Wildman–Crippen MR) is 81.9 cm³/mol. The molecule has 2 N–H and O–H groups in total. The van der Waals surface area contributed by atoms with Crippen molar-refractivity contribution in [1.82, 2.24) is 4.90 Å². The standard InChI is InChI=1S/C15H26N2OS/c1-3-17(12-7-5-4-6-8-12)14(18)15(13(16)19)9-11(2)10-15/h11-12H,3-10H2,1-2H3,(H2,16,19). The van der Waals surface area contributed by atoms with Crippen LogP contribution in [0.25, 0.3) is 0 Å². The van der Waals surface area contributed by atoms with E-state index in [0.29, 0.717) is 16.9 Å². The summed E-state index contributed by atoms with van der Waals surface area (Å²) < 4.78 is 0. The van der Waals surface area contributed by atoms with Gasteiger partial charge >= 0.3 is 0 Å². The number of rotatable bonds is 4. The first-order chi connectivity index (χ1) is 9.01. The molecule has 0 radical (unpaired) electrons. The maximum atomic E-state index is 12.9. The maximum Gasteiger partial charge on any atom is 0.235 e. The topological polar surface area (TPSA) is 46.3 Å². The van der Waals surface area contributed by atoms with Gasteiger partial charge in [-0.05, 0) is 38.5 Å². The number of hydrogen-bond donors (Lipinski definition) is 1. The Bertz CT molecular complexity index is 357. The molecule has 0 aromatic heterocycles. The van der Waals surface area contributed by atoms with Crippen molar-refractivity contribution in [2.75, 3.05) is 6.54 Å². The number of carbonyl (C=O) groups excluding carboxylic acids is 1. The zero-order valence-electron chi connectivity index (χ0n) is 12.2. The summed E-state index contributed by atoms with van der Waals surface area (Å²) in [5, 5.41) is 0. The number of thiocarbonyl (C=S) groups is 1. The fourth-order valence-corrected chi connectivity index (χ4v) is 4.10. The molecule has 3 nitrogen and oxygen atoms in total. The first-order valence-corrected chi connectivity index (χ1v) is 8.03. The van der Waals surface area contributed by atoms with Crippen LogP contribution in [0.3, 0.4) is 0 Å². The number of hydrogen-bond acceptors (Lipinski definition) is 2. The summed E-state index contributed by atoms with van der Waals surface area (Å²) in [4.78, 5) is 15.4. The zero-order chi connectivity index (χ0) is 14.0. The van der Waals surface area contributed by atoms with Crippen molar-refractivity contribution in [3.8, 4) is 0 Å². The summed E-state index contributed by atoms with van der Waals surface area (Å²) >= 11 is 5.21. The molecule has 19 heavy (non-hydrogen) atoms. The van der Waals surface area contributed by atoms with Crippen molar-refractivity contribution < 1.29 is 4.79 Å². The van der Waals surface area contributed by atoms with Gasteiger partial charge in [0.15, 0.2) is 0 Å². The molecule has 0 unspecified atom stereocenters. The Morgan fingerprint density at radius 3 is 2.32 bits per heavy atom. The minimum Gasteiger partial charge on any atom is -0.392 e. The Hall–Kier alpha value is -0.640. The molecule has 0 bridgehead atoms. The third-order valence-electron chi connectivity index (χ3n) is 4.89. The Morgan fingerprint density at radius 2 is 1.89 bits per heavy atom. The smallest absolute Gasteiger partial charge is 0.235 e. The van der Waals surface area contributed by atoms with Gasteiger partial charge < -0.3 is 10.6 Å². The van der Waals surface area contributed by atoms with Gasteiger partial charge in [-0.1, -0.05) is 38.4 Å². The summed E-state index contributed by atoms with van der Waals surface area (Å²) in [6.07, 6.45) is 7.75. The van der Waals surface area contributed by atoms with Crippen LogP contribution in [0.5, 0.6) is 0 Å². The molecular weight excluding hydrogens is 256 g/mol. The number of nitrogens with two attached hydrogens (primary N) is 1. The van der Waals surface area contributed by atoms with E-state index >= 15 is 0 Å². The van der Waals surface area contributed by atoms with E-state index in [2.05, 4.69) is 18.7 Å². The summed E-state index contributed by atoms with van der Waals surface area (Å²) in [5.74, 6) is 0.767. The van der Waals surface area contributed by atoms with Crippen molar-refractivity contribution in [2.45, 2.75) is 64.8 Å². The Morgan fingerprint density at radius 1 is 1.32 bits per heavy atom. The van der Waals surface area contributed by atoms with Crippen LogP contribution in [0.1, 0.15) is 58.8 Å². The van der Waals surface area contributed by atoms with Gasteiger partial charge in [0.1, 0.15) is 0 Å². The largest absolute Gasteiger partial charge is 0.392 e. The van der Waals surface area contributed by atoms with Crippen molar-refractivity contribution in [3.63, 3.8) is 0 Å². The molecule has 2 fully saturated rings. The second-order valence-electron chi connectivity index (χ2n) is 6.34. The molecule has 2 aliphatic carbocycles. The van der Waals surface area contributed by atoms with Crippen molar-refractivity contribution in [3.05, 3.63) is 0 Å². The Labute approximate surface area is 121 Å². The predicted octanol–water partition coefficient (Wildman–Crippen LogP) is 2.87. The molecule has 0 heterocycles. The monoisotopic (exact) mass is 282 g/mol. The molecule has 0 spiro atoms. The highest BCUT2D eigenvalue weighted by atomic mass is 32.1. The average Bonchev–Trinajstić information content (AvgIpc) is 2.36. The van der Waals surface area contributed by atoms with Gasteiger partial charge in [-0.15, -0.1) is 0 Å². The van der Waals surface area contributed by atoms with Crippen LogP contribution >= 0.6 is 12.2 Å². The van der Waals surface area contributed by atoms with E-state index in [4.69, 9.17) is 18.0 Å². The van der Waals surface area contributed by atoms with Crippen molar-refractivity contribution in [2.24, 2.45) is 17.1 Å². The van der Waals surface area contributed by atoms with E-state index < -0.39 is 5.41 Å². The molecule has 0 saturated heterocycles. The highest BCUT2D eigenvalue weighted by Crippen LogP contribution is 2.47. The minimum atomic E-state index is -0.526. The number of nitrogens with zero attached hydrogens (tertiary/aromatic N) is 1. The van der Waals surface area contributed by atoms with Gasteiger partial charge in [-0.2, -0.15) is 0 Å². The molecule has 4 heteroatoms. The van der Waals surface area contributed by atoms with E-state index in [-0.39, 0.29) is 5.91 Å². The van der Waals surface area contributed by atoms with E-state index in [1.807, 2.05) is 0 Å². The lowest BCUT2D eigenvalue weighted by molar-refractivity contribution is -0.147. The second kappa shape index (κ2) is 5.78. The molecular formula is C15H26N2OS. The molecule has 0 atom stereocenters. The van der Waals surface area contributed by atoms with Gasteiger partial charge in [-0.25, -0.2) is 0 Å². The summed E-state index contributed by atoms with van der Waals surface area (Å²) in [5.41, 5.74) is 5.38. The normalized spacial score (nSPS) is 31.6. The van der Waals surface area contributed by atoms with Crippen LogP contribution in [0.2, 0.25) is 0 Å². The van der Waals surface area contributed by atoms with E-state index in [0.717, 1.165) is 32.2 Å². The fraction of sp³-hybridized carbons (Fsp3) is 0.867. The van der Waals surface area contributed by atoms with Gasteiger partial charge in [0.25, 0.3) is 0 Å². The molecule has 2 saturated carbocycles. The molecule has 0 aliphatic heterocycles. The minimum absolute atomic E-state index is 0.201. The maximum absolute atomic E-state index is 12.9. The average molecular weight is 282 g/mol. The van der Waals surface area contributed by atoms with E-state index in [1.165, 1.54) is 19.3 Å². The third-order valence-corrected chi connectivity index (χ3v) is 5.28. The molecule has 2 rings (SSSR count). The number of amides is 1. The molecule has 0 aromatic rings. The fourth-order valence-electron chi connectivity index (χ4n) is 3.85. The lowest BCUT2D eigenvalue weighted by Crippen LogP contribution is -2.59. The van der Waals surface area contributed by atoms with Gasteiger partial charge in [0.2, 0.25) is 5.91 Å². The molecule has 0 aromatic carbocycles. The van der Waals surface area contributed by atoms with Crippen LogP contribution in [0.15, 0.2) is 0 Å². The van der Waals surface area contributed by atoms with Crippen molar-refractivity contribution in [1.29, 1.82) is 0 Å². The third kappa shape index (κ3) is 2.64. The summed E-state index contributed by atoms with van der Waals surface area (Å²) in [7, 11) is 0. The zero-order valence-corrected chi connectivity index (χ0v) is 13.0. The Kier molecular flexibility index (Phi) is 4.49. The quantitative estimate of drug-likeness (QED) is 0.807. The summed E-state index contributed by atoms with van der Waals surface area (Å²) in [6.45, 7) is 5.02. The molecule has 1 amide bonds. The van der Waals surface area contributed by atoms with Gasteiger partial charge in [-0.3, -0.25) is 4.79 Å². The highest BCUT2D eigenvalue weighted by molar-refractivity contribution is 7.80. The summed E-state index contributed by atoms with van der Waals surface area (Å²) in [6, 6.07) is 0.411. The van der Waals surface area contributed by atoms with Crippen LogP contribution in [0.4, 0.5) is 0 Å². The molecule has 108 valence electrons. The van der Waals surface area contributed by atoms with Crippen LogP contribution in [-0.2, 0) is 4.79 Å². The van der Waals surface area contributed by atoms with E-state index in [9.17, 15) is 4.79 Å².